The minimum absolute atomic E-state index is 0.302. The average molecular weight is 291 g/mol. The Kier molecular flexibility index (Phi) is 3.31. The Morgan fingerprint density at radius 1 is 1.40 bits per heavy atom. The van der Waals surface area contributed by atoms with Gasteiger partial charge in [0.15, 0.2) is 10.7 Å². The molecule has 0 unspecified atom stereocenters. The molecule has 1 saturated carbocycles. The normalized spacial score (nSPS) is 15.6. The van der Waals surface area contributed by atoms with Gasteiger partial charge in [-0.1, -0.05) is 0 Å². The molecule has 0 N–H and O–H groups in total. The zero-order valence-corrected chi connectivity index (χ0v) is 10.5. The van der Waals surface area contributed by atoms with Crippen molar-refractivity contribution in [3.05, 3.63) is 22.7 Å². The molecule has 15 heavy (non-hydrogen) atoms. The highest BCUT2D eigenvalue weighted by Crippen LogP contribution is 2.32. The minimum Gasteiger partial charge on any atom is -0.492 e. The molecule has 0 aliphatic heterocycles. The van der Waals surface area contributed by atoms with E-state index in [0.29, 0.717) is 21.0 Å². The van der Waals surface area contributed by atoms with Crippen LogP contribution in [-0.4, -0.2) is 15.0 Å². The summed E-state index contributed by atoms with van der Waals surface area (Å²) in [5.41, 5.74) is 0. The van der Waals surface area contributed by atoms with Crippen LogP contribution in [0.3, 0.4) is 0 Å². The molecule has 0 bridgehead atoms. The summed E-state index contributed by atoms with van der Waals surface area (Å²) in [5, 5.41) is 0. The summed E-state index contributed by atoms with van der Waals surface area (Å²) in [6, 6.07) is 4.81. The van der Waals surface area contributed by atoms with Crippen LogP contribution in [0.1, 0.15) is 12.8 Å². The Hall–Kier alpha value is -0.550. The van der Waals surface area contributed by atoms with E-state index in [1.807, 2.05) is 0 Å². The Morgan fingerprint density at radius 3 is 2.67 bits per heavy atom. The first-order chi connectivity index (χ1) is 7.16. The molecule has 0 spiro atoms. The zero-order chi connectivity index (χ0) is 10.8. The van der Waals surface area contributed by atoms with Crippen LogP contribution in [0.15, 0.2) is 27.6 Å². The van der Waals surface area contributed by atoms with Gasteiger partial charge < -0.3 is 4.74 Å². The quantitative estimate of drug-likeness (QED) is 0.865. The van der Waals surface area contributed by atoms with Gasteiger partial charge in [-0.05, 0) is 52.9 Å². The van der Waals surface area contributed by atoms with Crippen molar-refractivity contribution < 1.29 is 13.2 Å². The summed E-state index contributed by atoms with van der Waals surface area (Å²) in [5.74, 6) is 1.40. The third-order valence-electron chi connectivity index (χ3n) is 2.30. The molecule has 0 saturated heterocycles. The van der Waals surface area contributed by atoms with E-state index in [2.05, 4.69) is 15.9 Å². The highest BCUT2D eigenvalue weighted by molar-refractivity contribution is 9.10. The molecule has 0 atom stereocenters. The zero-order valence-electron chi connectivity index (χ0n) is 7.98. The third kappa shape index (κ3) is 2.95. The predicted octanol–water partition coefficient (Wildman–Crippen LogP) is 2.21. The second-order valence-corrected chi connectivity index (χ2v) is 5.51. The van der Waals surface area contributed by atoms with Crippen molar-refractivity contribution in [1.29, 1.82) is 0 Å². The van der Waals surface area contributed by atoms with E-state index in [-0.39, 0.29) is 0 Å². The van der Waals surface area contributed by atoms with Crippen LogP contribution < -0.4 is 4.74 Å². The van der Waals surface area contributed by atoms with Crippen molar-refractivity contribution in [2.24, 2.45) is 5.92 Å². The Bertz CT molecular complexity index is 430. The standard InChI is InChI=1S/C10H11BrO3S/c11-9-5-8(15(12)13)3-4-10(9)14-6-7-1-2-7/h3-5,7,15H,1-2,6H2. The van der Waals surface area contributed by atoms with Crippen molar-refractivity contribution in [2.45, 2.75) is 17.7 Å². The molecule has 1 aromatic rings. The van der Waals surface area contributed by atoms with Crippen molar-refractivity contribution >= 4 is 26.6 Å². The number of benzene rings is 1. The first-order valence-electron chi connectivity index (χ1n) is 4.73. The van der Waals surface area contributed by atoms with Crippen LogP contribution in [-0.2, 0) is 10.7 Å². The van der Waals surface area contributed by atoms with Gasteiger partial charge in [-0.3, -0.25) is 0 Å². The van der Waals surface area contributed by atoms with E-state index in [4.69, 9.17) is 4.74 Å². The van der Waals surface area contributed by atoms with Gasteiger partial charge in [-0.25, -0.2) is 8.42 Å². The fraction of sp³-hybridized carbons (Fsp3) is 0.400. The smallest absolute Gasteiger partial charge is 0.168 e. The first-order valence-corrected chi connectivity index (χ1v) is 6.70. The van der Waals surface area contributed by atoms with Gasteiger partial charge in [0.1, 0.15) is 5.75 Å². The van der Waals surface area contributed by atoms with E-state index < -0.39 is 10.7 Å². The van der Waals surface area contributed by atoms with Crippen LogP contribution in [0.25, 0.3) is 0 Å². The van der Waals surface area contributed by atoms with E-state index in [9.17, 15) is 8.42 Å². The summed E-state index contributed by atoms with van der Waals surface area (Å²) in [6.45, 7) is 0.724. The van der Waals surface area contributed by atoms with Gasteiger partial charge in [0.05, 0.1) is 16.0 Å². The molecule has 3 nitrogen and oxygen atoms in total. The van der Waals surface area contributed by atoms with E-state index in [0.717, 1.165) is 6.61 Å². The molecule has 0 amide bonds. The van der Waals surface area contributed by atoms with Gasteiger partial charge in [0.2, 0.25) is 0 Å². The predicted molar refractivity (Wildman–Crippen MR) is 60.9 cm³/mol. The molecule has 0 radical (unpaired) electrons. The number of thiol groups is 1. The Balaban J connectivity index is 2.10. The molecule has 1 fully saturated rings. The maximum atomic E-state index is 10.7. The van der Waals surface area contributed by atoms with Crippen LogP contribution in [0.4, 0.5) is 0 Å². The van der Waals surface area contributed by atoms with Gasteiger partial charge in [-0.15, -0.1) is 0 Å². The summed E-state index contributed by atoms with van der Waals surface area (Å²) in [6.07, 6.45) is 2.48. The lowest BCUT2D eigenvalue weighted by molar-refractivity contribution is 0.298. The number of rotatable bonds is 4. The highest BCUT2D eigenvalue weighted by Gasteiger charge is 2.22. The molecule has 0 heterocycles. The lowest BCUT2D eigenvalue weighted by Crippen LogP contribution is -1.99. The molecule has 1 aromatic carbocycles. The molecule has 1 aliphatic carbocycles. The number of ether oxygens (including phenoxy) is 1. The van der Waals surface area contributed by atoms with Gasteiger partial charge in [-0.2, -0.15) is 0 Å². The van der Waals surface area contributed by atoms with Crippen molar-refractivity contribution in [3.8, 4) is 5.75 Å². The van der Waals surface area contributed by atoms with Gasteiger partial charge in [0.25, 0.3) is 0 Å². The largest absolute Gasteiger partial charge is 0.492 e. The fourth-order valence-corrected chi connectivity index (χ4v) is 2.31. The summed E-state index contributed by atoms with van der Waals surface area (Å²) in [7, 11) is -2.52. The van der Waals surface area contributed by atoms with Crippen molar-refractivity contribution in [1.82, 2.24) is 0 Å². The van der Waals surface area contributed by atoms with Gasteiger partial charge in [0, 0.05) is 0 Å². The molecule has 5 heteroatoms. The second kappa shape index (κ2) is 4.53. The maximum absolute atomic E-state index is 10.7. The molecule has 1 aliphatic rings. The van der Waals surface area contributed by atoms with E-state index in [1.165, 1.54) is 12.8 Å². The number of hydrogen-bond donors (Lipinski definition) is 1. The van der Waals surface area contributed by atoms with Crippen LogP contribution in [0.5, 0.6) is 5.75 Å². The summed E-state index contributed by atoms with van der Waals surface area (Å²) >= 11 is 3.29. The SMILES string of the molecule is O=[SH](=O)c1ccc(OCC2CC2)c(Br)c1. The van der Waals surface area contributed by atoms with E-state index >= 15 is 0 Å². The highest BCUT2D eigenvalue weighted by atomic mass is 79.9. The molecule has 82 valence electrons. The molecule has 0 aromatic heterocycles. The van der Waals surface area contributed by atoms with Gasteiger partial charge >= 0.3 is 0 Å². The maximum Gasteiger partial charge on any atom is 0.168 e. The number of hydrogen-bond acceptors (Lipinski definition) is 3. The lowest BCUT2D eigenvalue weighted by atomic mass is 10.3. The Labute approximate surface area is 98.5 Å². The van der Waals surface area contributed by atoms with Crippen LogP contribution >= 0.6 is 15.9 Å². The molecular weight excluding hydrogens is 280 g/mol. The lowest BCUT2D eigenvalue weighted by Gasteiger charge is -2.07. The van der Waals surface area contributed by atoms with Crippen molar-refractivity contribution in [2.75, 3.05) is 6.61 Å². The summed E-state index contributed by atoms with van der Waals surface area (Å²) < 4.78 is 27.7. The number of halogens is 1. The first kappa shape index (κ1) is 11.0. The average Bonchev–Trinajstić information content (AvgIpc) is 2.99. The molecular formula is C10H11BrO3S. The summed E-state index contributed by atoms with van der Waals surface area (Å²) in [4.78, 5) is 0.302. The topological polar surface area (TPSA) is 43.4 Å². The minimum atomic E-state index is -2.52. The molecule has 2 rings (SSSR count). The van der Waals surface area contributed by atoms with Crippen molar-refractivity contribution in [3.63, 3.8) is 0 Å². The third-order valence-corrected chi connectivity index (χ3v) is 3.62. The van der Waals surface area contributed by atoms with Crippen LogP contribution in [0.2, 0.25) is 0 Å². The Morgan fingerprint density at radius 2 is 2.13 bits per heavy atom. The monoisotopic (exact) mass is 290 g/mol. The van der Waals surface area contributed by atoms with E-state index in [1.54, 1.807) is 18.2 Å². The fourth-order valence-electron chi connectivity index (χ4n) is 1.21. The van der Waals surface area contributed by atoms with Crippen LogP contribution in [0, 0.1) is 5.92 Å². The second-order valence-electron chi connectivity index (χ2n) is 3.63.